The molecule has 0 heterocycles. The van der Waals surface area contributed by atoms with Gasteiger partial charge in [0.2, 0.25) is 0 Å². The zero-order valence-electron chi connectivity index (χ0n) is 10.6. The zero-order chi connectivity index (χ0) is 12.3. The minimum Gasteiger partial charge on any atom is -0.490 e. The van der Waals surface area contributed by atoms with Gasteiger partial charge in [0.1, 0.15) is 6.61 Å². The fourth-order valence-corrected chi connectivity index (χ4v) is 1.38. The lowest BCUT2D eigenvalue weighted by Crippen LogP contribution is -2.24. The number of rotatable bonds is 9. The van der Waals surface area contributed by atoms with Crippen LogP contribution in [0.4, 0.5) is 0 Å². The van der Waals surface area contributed by atoms with Gasteiger partial charge in [0, 0.05) is 20.2 Å². The molecule has 96 valence electrons. The van der Waals surface area contributed by atoms with Crippen LogP contribution in [-0.2, 0) is 4.74 Å². The standard InChI is InChI=1S/C13H21NO3/c1-3-16-12-6-4-5-7-13(12)17-11-9-14-8-10-15-2/h4-7,14H,3,8-11H2,1-2H3. The van der Waals surface area contributed by atoms with Crippen molar-refractivity contribution in [2.24, 2.45) is 0 Å². The van der Waals surface area contributed by atoms with Crippen molar-refractivity contribution >= 4 is 0 Å². The molecule has 0 bridgehead atoms. The highest BCUT2D eigenvalue weighted by atomic mass is 16.5. The Morgan fingerprint density at radius 2 is 1.65 bits per heavy atom. The van der Waals surface area contributed by atoms with Crippen molar-refractivity contribution < 1.29 is 14.2 Å². The van der Waals surface area contributed by atoms with Crippen LogP contribution in [0.2, 0.25) is 0 Å². The SMILES string of the molecule is CCOc1ccccc1OCCNCCOC. The van der Waals surface area contributed by atoms with E-state index in [9.17, 15) is 0 Å². The summed E-state index contributed by atoms with van der Waals surface area (Å²) in [4.78, 5) is 0. The Morgan fingerprint density at radius 3 is 2.29 bits per heavy atom. The molecule has 0 saturated heterocycles. The molecule has 1 aromatic carbocycles. The van der Waals surface area contributed by atoms with Gasteiger partial charge in [-0.1, -0.05) is 12.1 Å². The average molecular weight is 239 g/mol. The summed E-state index contributed by atoms with van der Waals surface area (Å²) in [5, 5.41) is 3.22. The first-order valence-corrected chi connectivity index (χ1v) is 5.92. The van der Waals surface area contributed by atoms with Crippen LogP contribution < -0.4 is 14.8 Å². The average Bonchev–Trinajstić information content (AvgIpc) is 2.36. The summed E-state index contributed by atoms with van der Waals surface area (Å²) in [6, 6.07) is 7.71. The van der Waals surface area contributed by atoms with Crippen molar-refractivity contribution in [2.45, 2.75) is 6.92 Å². The predicted molar refractivity (Wildman–Crippen MR) is 67.9 cm³/mol. The van der Waals surface area contributed by atoms with E-state index in [-0.39, 0.29) is 0 Å². The molecule has 0 fully saturated rings. The number of para-hydroxylation sites is 2. The van der Waals surface area contributed by atoms with Gasteiger partial charge in [0.25, 0.3) is 0 Å². The highest BCUT2D eigenvalue weighted by Gasteiger charge is 2.02. The van der Waals surface area contributed by atoms with Gasteiger partial charge in [-0.25, -0.2) is 0 Å². The smallest absolute Gasteiger partial charge is 0.161 e. The van der Waals surface area contributed by atoms with E-state index in [0.717, 1.165) is 31.2 Å². The molecule has 0 amide bonds. The fraction of sp³-hybridized carbons (Fsp3) is 0.538. The quantitative estimate of drug-likeness (QED) is 0.666. The number of ether oxygens (including phenoxy) is 3. The van der Waals surface area contributed by atoms with E-state index in [2.05, 4.69) is 5.32 Å². The van der Waals surface area contributed by atoms with E-state index in [1.54, 1.807) is 7.11 Å². The monoisotopic (exact) mass is 239 g/mol. The molecule has 0 spiro atoms. The molecular formula is C13H21NO3. The van der Waals surface area contributed by atoms with Crippen LogP contribution in [0.15, 0.2) is 24.3 Å². The maximum absolute atomic E-state index is 5.64. The van der Waals surface area contributed by atoms with E-state index in [0.29, 0.717) is 13.2 Å². The van der Waals surface area contributed by atoms with Gasteiger partial charge in [0.05, 0.1) is 13.2 Å². The Labute approximate surface area is 103 Å². The molecular weight excluding hydrogens is 218 g/mol. The normalized spacial score (nSPS) is 10.2. The topological polar surface area (TPSA) is 39.7 Å². The van der Waals surface area contributed by atoms with Crippen LogP contribution in [0.5, 0.6) is 11.5 Å². The van der Waals surface area contributed by atoms with Gasteiger partial charge in [0.15, 0.2) is 11.5 Å². The van der Waals surface area contributed by atoms with E-state index in [1.807, 2.05) is 31.2 Å². The maximum atomic E-state index is 5.64. The van der Waals surface area contributed by atoms with Gasteiger partial charge in [-0.05, 0) is 19.1 Å². The largest absolute Gasteiger partial charge is 0.490 e. The second kappa shape index (κ2) is 8.84. The molecule has 17 heavy (non-hydrogen) atoms. The van der Waals surface area contributed by atoms with Crippen LogP contribution in [-0.4, -0.2) is 40.0 Å². The molecule has 0 atom stereocenters. The third-order valence-corrected chi connectivity index (χ3v) is 2.17. The van der Waals surface area contributed by atoms with Crippen molar-refractivity contribution in [2.75, 3.05) is 40.0 Å². The molecule has 0 aliphatic rings. The molecule has 0 unspecified atom stereocenters. The number of hydrogen-bond acceptors (Lipinski definition) is 4. The number of methoxy groups -OCH3 is 1. The molecule has 0 saturated carbocycles. The highest BCUT2D eigenvalue weighted by Crippen LogP contribution is 2.25. The summed E-state index contributed by atoms with van der Waals surface area (Å²) in [7, 11) is 1.69. The Hall–Kier alpha value is -1.26. The van der Waals surface area contributed by atoms with Gasteiger partial charge in [-0.15, -0.1) is 0 Å². The van der Waals surface area contributed by atoms with Crippen molar-refractivity contribution in [3.05, 3.63) is 24.3 Å². The lowest BCUT2D eigenvalue weighted by atomic mass is 10.3. The Kier molecular flexibility index (Phi) is 7.18. The molecule has 1 aromatic rings. The van der Waals surface area contributed by atoms with Gasteiger partial charge >= 0.3 is 0 Å². The summed E-state index contributed by atoms with van der Waals surface area (Å²) in [5.41, 5.74) is 0. The number of nitrogens with one attached hydrogen (secondary N) is 1. The fourth-order valence-electron chi connectivity index (χ4n) is 1.38. The molecule has 0 radical (unpaired) electrons. The van der Waals surface area contributed by atoms with E-state index in [4.69, 9.17) is 14.2 Å². The number of hydrogen-bond donors (Lipinski definition) is 1. The zero-order valence-corrected chi connectivity index (χ0v) is 10.6. The molecule has 0 aliphatic carbocycles. The summed E-state index contributed by atoms with van der Waals surface area (Å²) in [6.07, 6.45) is 0. The summed E-state index contributed by atoms with van der Waals surface area (Å²) in [6.45, 7) is 5.58. The van der Waals surface area contributed by atoms with Gasteiger partial charge < -0.3 is 19.5 Å². The van der Waals surface area contributed by atoms with E-state index in [1.165, 1.54) is 0 Å². The van der Waals surface area contributed by atoms with Crippen LogP contribution in [0.1, 0.15) is 6.92 Å². The van der Waals surface area contributed by atoms with E-state index >= 15 is 0 Å². The van der Waals surface area contributed by atoms with Crippen LogP contribution >= 0.6 is 0 Å². The van der Waals surface area contributed by atoms with Crippen LogP contribution in [0.3, 0.4) is 0 Å². The summed E-state index contributed by atoms with van der Waals surface area (Å²) in [5.74, 6) is 1.59. The van der Waals surface area contributed by atoms with Gasteiger partial charge in [-0.3, -0.25) is 0 Å². The summed E-state index contributed by atoms with van der Waals surface area (Å²) >= 11 is 0. The molecule has 4 heteroatoms. The highest BCUT2D eigenvalue weighted by molar-refractivity contribution is 5.39. The first kappa shape index (κ1) is 13.8. The van der Waals surface area contributed by atoms with Crippen molar-refractivity contribution in [1.29, 1.82) is 0 Å². The third-order valence-electron chi connectivity index (χ3n) is 2.17. The minimum absolute atomic E-state index is 0.619. The Balaban J connectivity index is 2.25. The minimum atomic E-state index is 0.619. The second-order valence-electron chi connectivity index (χ2n) is 3.47. The van der Waals surface area contributed by atoms with Crippen LogP contribution in [0.25, 0.3) is 0 Å². The van der Waals surface area contributed by atoms with Crippen LogP contribution in [0, 0.1) is 0 Å². The summed E-state index contributed by atoms with van der Waals surface area (Å²) < 4.78 is 16.0. The predicted octanol–water partition coefficient (Wildman–Crippen LogP) is 1.70. The molecule has 0 aromatic heterocycles. The van der Waals surface area contributed by atoms with E-state index < -0.39 is 0 Å². The molecule has 4 nitrogen and oxygen atoms in total. The van der Waals surface area contributed by atoms with Gasteiger partial charge in [-0.2, -0.15) is 0 Å². The molecule has 0 aliphatic heterocycles. The van der Waals surface area contributed by atoms with Crippen molar-refractivity contribution in [1.82, 2.24) is 5.32 Å². The second-order valence-corrected chi connectivity index (χ2v) is 3.47. The lowest BCUT2D eigenvalue weighted by molar-refractivity contribution is 0.196. The molecule has 1 N–H and O–H groups in total. The maximum Gasteiger partial charge on any atom is 0.161 e. The first-order valence-electron chi connectivity index (χ1n) is 5.92. The number of benzene rings is 1. The van der Waals surface area contributed by atoms with Crippen molar-refractivity contribution in [3.63, 3.8) is 0 Å². The first-order chi connectivity index (χ1) is 8.38. The lowest BCUT2D eigenvalue weighted by Gasteiger charge is -2.11. The third kappa shape index (κ3) is 5.56. The Bertz CT molecular complexity index is 304. The molecule has 1 rings (SSSR count). The Morgan fingerprint density at radius 1 is 1.00 bits per heavy atom. The van der Waals surface area contributed by atoms with Crippen molar-refractivity contribution in [3.8, 4) is 11.5 Å².